The fourth-order valence-corrected chi connectivity index (χ4v) is 2.41. The molecule has 120 valence electrons. The molecule has 1 aromatic carbocycles. The van der Waals surface area contributed by atoms with Crippen molar-refractivity contribution in [3.05, 3.63) is 53.2 Å². The van der Waals surface area contributed by atoms with Gasteiger partial charge in [0, 0.05) is 6.42 Å². The number of aliphatic carboxylic acids is 1. The van der Waals surface area contributed by atoms with Gasteiger partial charge in [0.2, 0.25) is 5.16 Å². The Morgan fingerprint density at radius 3 is 2.74 bits per heavy atom. The lowest BCUT2D eigenvalue weighted by Crippen LogP contribution is -1.97. The summed E-state index contributed by atoms with van der Waals surface area (Å²) in [5, 5.41) is 16.5. The number of aromatic amines is 1. The van der Waals surface area contributed by atoms with Crippen LogP contribution in [0.15, 0.2) is 47.0 Å². The zero-order chi connectivity index (χ0) is 16.7. The van der Waals surface area contributed by atoms with E-state index in [0.717, 1.165) is 23.1 Å². The van der Waals surface area contributed by atoms with Gasteiger partial charge in [0.05, 0.1) is 0 Å². The summed E-state index contributed by atoms with van der Waals surface area (Å²) in [6.07, 6.45) is 3.95. The monoisotopic (exact) mass is 331 g/mol. The lowest BCUT2D eigenvalue weighted by atomic mass is 10.2. The van der Waals surface area contributed by atoms with Crippen molar-refractivity contribution in [3.8, 4) is 5.75 Å². The van der Waals surface area contributed by atoms with Gasteiger partial charge in [-0.2, -0.15) is 0 Å². The van der Waals surface area contributed by atoms with Crippen LogP contribution in [-0.4, -0.2) is 32.9 Å². The zero-order valence-electron chi connectivity index (χ0n) is 12.7. The Hall–Kier alpha value is -2.54. The number of thioether (sulfide) groups is 1. The van der Waals surface area contributed by atoms with Crippen LogP contribution < -0.4 is 4.74 Å². The van der Waals surface area contributed by atoms with Gasteiger partial charge >= 0.3 is 5.97 Å². The maximum absolute atomic E-state index is 11.4. The highest BCUT2D eigenvalue weighted by Gasteiger charge is 2.13. The van der Waals surface area contributed by atoms with Crippen LogP contribution in [0.25, 0.3) is 6.08 Å². The first kappa shape index (κ1) is 16.8. The van der Waals surface area contributed by atoms with Gasteiger partial charge in [-0.1, -0.05) is 31.7 Å². The zero-order valence-corrected chi connectivity index (χ0v) is 13.5. The Labute approximate surface area is 138 Å². The lowest BCUT2D eigenvalue weighted by Gasteiger charge is -2.03. The number of nitrogens with zero attached hydrogens (tertiary/aromatic N) is 2. The van der Waals surface area contributed by atoms with Crippen LogP contribution in [-0.2, 0) is 11.2 Å². The predicted molar refractivity (Wildman–Crippen MR) is 89.4 cm³/mol. The van der Waals surface area contributed by atoms with Crippen molar-refractivity contribution < 1.29 is 14.6 Å². The molecule has 0 saturated carbocycles. The van der Waals surface area contributed by atoms with Gasteiger partial charge in [-0.3, -0.25) is 5.10 Å². The number of aryl methyl sites for hydroxylation is 1. The van der Waals surface area contributed by atoms with Crippen LogP contribution in [0.2, 0.25) is 0 Å². The molecule has 0 aliphatic carbocycles. The molecule has 0 spiro atoms. The molecule has 0 aliphatic heterocycles. The Morgan fingerprint density at radius 1 is 1.43 bits per heavy atom. The van der Waals surface area contributed by atoms with E-state index in [1.807, 2.05) is 6.92 Å². The number of carboxylic acid groups (broad SMARTS) is 1. The highest BCUT2D eigenvalue weighted by atomic mass is 32.2. The number of hydrogen-bond donors (Lipinski definition) is 2. The molecule has 0 saturated heterocycles. The van der Waals surface area contributed by atoms with E-state index >= 15 is 0 Å². The Balaban J connectivity index is 2.14. The summed E-state index contributed by atoms with van der Waals surface area (Å²) in [7, 11) is 0. The van der Waals surface area contributed by atoms with Crippen LogP contribution in [0.4, 0.5) is 0 Å². The van der Waals surface area contributed by atoms with E-state index < -0.39 is 5.97 Å². The van der Waals surface area contributed by atoms with Crippen LogP contribution >= 0.6 is 11.8 Å². The number of hydrogen-bond acceptors (Lipinski definition) is 5. The first-order valence-corrected chi connectivity index (χ1v) is 7.82. The molecular weight excluding hydrogens is 314 g/mol. The largest absolute Gasteiger partial charge is 0.490 e. The molecule has 23 heavy (non-hydrogen) atoms. The average molecular weight is 331 g/mol. The van der Waals surface area contributed by atoms with Crippen LogP contribution in [0, 0.1) is 0 Å². The van der Waals surface area contributed by atoms with Crippen molar-refractivity contribution in [2.45, 2.75) is 18.5 Å². The quantitative estimate of drug-likeness (QED) is 0.439. The minimum absolute atomic E-state index is 0.145. The Kier molecular flexibility index (Phi) is 5.99. The summed E-state index contributed by atoms with van der Waals surface area (Å²) >= 11 is 1.01. The molecule has 0 unspecified atom stereocenters. The molecule has 2 aromatic rings. The summed E-state index contributed by atoms with van der Waals surface area (Å²) in [5.41, 5.74) is 0.757. The number of aromatic nitrogens is 3. The number of ether oxygens (including phenoxy) is 1. The second kappa shape index (κ2) is 8.19. The molecule has 0 amide bonds. The number of carbonyl (C=O) groups is 1. The number of rotatable bonds is 8. The number of nitrogens with one attached hydrogen (secondary N) is 1. The minimum atomic E-state index is -1.02. The standard InChI is InChI=1S/C16H17N3O3S/c1-3-9-22-12-7-5-11(6-8-12)10-13(15(20)21)23-16-17-14(4-2)18-19-16/h3,5-8,10H,1,4,9H2,2H3,(H,20,21)(H,17,18,19)/b13-10-. The third-order valence-corrected chi connectivity index (χ3v) is 3.68. The van der Waals surface area contributed by atoms with Gasteiger partial charge in [0.15, 0.2) is 0 Å². The van der Waals surface area contributed by atoms with Crippen molar-refractivity contribution in [1.29, 1.82) is 0 Å². The van der Waals surface area contributed by atoms with Gasteiger partial charge < -0.3 is 9.84 Å². The number of carboxylic acids is 1. The van der Waals surface area contributed by atoms with E-state index in [0.29, 0.717) is 23.9 Å². The first-order valence-electron chi connectivity index (χ1n) is 7.00. The van der Waals surface area contributed by atoms with Crippen LogP contribution in [0.1, 0.15) is 18.3 Å². The summed E-state index contributed by atoms with van der Waals surface area (Å²) in [6.45, 7) is 5.95. The fraction of sp³-hybridized carbons (Fsp3) is 0.188. The maximum Gasteiger partial charge on any atom is 0.342 e. The van der Waals surface area contributed by atoms with E-state index in [4.69, 9.17) is 4.74 Å². The second-order valence-corrected chi connectivity index (χ2v) is 5.51. The fourth-order valence-electron chi connectivity index (χ4n) is 1.68. The average Bonchev–Trinajstić information content (AvgIpc) is 3.01. The van der Waals surface area contributed by atoms with Gasteiger partial charge in [-0.25, -0.2) is 9.78 Å². The highest BCUT2D eigenvalue weighted by molar-refractivity contribution is 8.04. The van der Waals surface area contributed by atoms with Gasteiger partial charge in [0.1, 0.15) is 23.1 Å². The molecule has 0 radical (unpaired) electrons. The van der Waals surface area contributed by atoms with Gasteiger partial charge in [0.25, 0.3) is 0 Å². The number of benzene rings is 1. The molecule has 0 aliphatic rings. The molecule has 2 rings (SSSR count). The molecule has 2 N–H and O–H groups in total. The Morgan fingerprint density at radius 2 is 2.17 bits per heavy atom. The van der Waals surface area contributed by atoms with Crippen LogP contribution in [0.3, 0.4) is 0 Å². The predicted octanol–water partition coefficient (Wildman–Crippen LogP) is 3.15. The smallest absolute Gasteiger partial charge is 0.342 e. The summed E-state index contributed by atoms with van der Waals surface area (Å²) in [6, 6.07) is 7.14. The summed E-state index contributed by atoms with van der Waals surface area (Å²) in [4.78, 5) is 15.8. The molecular formula is C16H17N3O3S. The van der Waals surface area contributed by atoms with Crippen molar-refractivity contribution in [1.82, 2.24) is 15.2 Å². The topological polar surface area (TPSA) is 88.1 Å². The first-order chi connectivity index (χ1) is 11.1. The van der Waals surface area contributed by atoms with E-state index in [1.54, 1.807) is 36.4 Å². The normalized spacial score (nSPS) is 11.3. The van der Waals surface area contributed by atoms with Crippen molar-refractivity contribution in [2.75, 3.05) is 6.61 Å². The highest BCUT2D eigenvalue weighted by Crippen LogP contribution is 2.26. The molecule has 0 bridgehead atoms. The van der Waals surface area contributed by atoms with E-state index in [2.05, 4.69) is 21.8 Å². The van der Waals surface area contributed by atoms with Crippen LogP contribution in [0.5, 0.6) is 5.75 Å². The van der Waals surface area contributed by atoms with Crippen molar-refractivity contribution >= 4 is 23.8 Å². The molecule has 6 nitrogen and oxygen atoms in total. The van der Waals surface area contributed by atoms with Gasteiger partial charge in [-0.15, -0.1) is 5.10 Å². The van der Waals surface area contributed by atoms with Crippen molar-refractivity contribution in [3.63, 3.8) is 0 Å². The SMILES string of the molecule is C=CCOc1ccc(/C=C(\Sc2n[nH]c(CC)n2)C(=O)O)cc1. The Bertz CT molecular complexity index is 708. The summed E-state index contributed by atoms with van der Waals surface area (Å²) < 4.78 is 5.39. The minimum Gasteiger partial charge on any atom is -0.490 e. The molecule has 7 heteroatoms. The molecule has 1 aromatic heterocycles. The van der Waals surface area contributed by atoms with Gasteiger partial charge in [-0.05, 0) is 35.5 Å². The molecule has 0 fully saturated rings. The lowest BCUT2D eigenvalue weighted by molar-refractivity contribution is -0.131. The van der Waals surface area contributed by atoms with E-state index in [-0.39, 0.29) is 4.91 Å². The third-order valence-electron chi connectivity index (χ3n) is 2.80. The summed E-state index contributed by atoms with van der Waals surface area (Å²) in [5.74, 6) is 0.402. The maximum atomic E-state index is 11.4. The third kappa shape index (κ3) is 5.00. The van der Waals surface area contributed by atoms with E-state index in [1.165, 1.54) is 0 Å². The van der Waals surface area contributed by atoms with Crippen molar-refractivity contribution in [2.24, 2.45) is 0 Å². The second-order valence-electron chi connectivity index (χ2n) is 4.50. The molecule has 0 atom stereocenters. The van der Waals surface area contributed by atoms with E-state index in [9.17, 15) is 9.90 Å². The molecule has 1 heterocycles. The number of H-pyrrole nitrogens is 1.